The van der Waals surface area contributed by atoms with E-state index in [9.17, 15) is 14.4 Å². The molecule has 1 unspecified atom stereocenters. The zero-order valence-electron chi connectivity index (χ0n) is 18.9. The van der Waals surface area contributed by atoms with Crippen molar-refractivity contribution in [2.45, 2.75) is 24.6 Å². The van der Waals surface area contributed by atoms with Crippen molar-refractivity contribution in [3.63, 3.8) is 0 Å². The molecule has 4 rings (SSSR count). The first-order chi connectivity index (χ1) is 17.1. The highest BCUT2D eigenvalue weighted by atomic mass is 16.7. The van der Waals surface area contributed by atoms with Crippen molar-refractivity contribution in [2.24, 2.45) is 0 Å². The minimum atomic E-state index is -1.10. The van der Waals surface area contributed by atoms with Crippen LogP contribution in [0.5, 0.6) is 0 Å². The van der Waals surface area contributed by atoms with Crippen LogP contribution in [0.4, 0.5) is 0 Å². The average molecular weight is 476 g/mol. The third kappa shape index (κ3) is 5.92. The maximum atomic E-state index is 12.8. The molecule has 0 saturated carbocycles. The Labute approximate surface area is 202 Å². The number of carbonyl (C=O) groups is 3. The summed E-state index contributed by atoms with van der Waals surface area (Å²) in [7, 11) is 1.38. The lowest BCUT2D eigenvalue weighted by atomic mass is 10.1. The Bertz CT molecular complexity index is 1130. The summed E-state index contributed by atoms with van der Waals surface area (Å²) in [5.41, 5.74) is 0.981. The van der Waals surface area contributed by atoms with Crippen LogP contribution in [0.2, 0.25) is 0 Å². The van der Waals surface area contributed by atoms with E-state index in [0.29, 0.717) is 16.7 Å². The summed E-state index contributed by atoms with van der Waals surface area (Å²) in [6.45, 7) is -0.250. The van der Waals surface area contributed by atoms with Gasteiger partial charge >= 0.3 is 17.9 Å². The van der Waals surface area contributed by atoms with Crippen molar-refractivity contribution in [1.82, 2.24) is 0 Å². The van der Waals surface area contributed by atoms with E-state index in [-0.39, 0.29) is 6.61 Å². The third-order valence-corrected chi connectivity index (χ3v) is 5.39. The van der Waals surface area contributed by atoms with Crippen LogP contribution in [-0.2, 0) is 23.7 Å². The van der Waals surface area contributed by atoms with Gasteiger partial charge in [0, 0.05) is 7.11 Å². The molecule has 1 fully saturated rings. The van der Waals surface area contributed by atoms with E-state index in [4.69, 9.17) is 23.7 Å². The Morgan fingerprint density at radius 2 is 1.09 bits per heavy atom. The van der Waals surface area contributed by atoms with Crippen LogP contribution in [0.1, 0.15) is 31.1 Å². The first-order valence-corrected chi connectivity index (χ1v) is 11.0. The number of hydrogen-bond donors (Lipinski definition) is 0. The van der Waals surface area contributed by atoms with Gasteiger partial charge in [0.25, 0.3) is 0 Å². The molecule has 1 aliphatic heterocycles. The van der Waals surface area contributed by atoms with Crippen LogP contribution in [0.25, 0.3) is 0 Å². The second-order valence-electron chi connectivity index (χ2n) is 7.72. The molecule has 4 atom stereocenters. The van der Waals surface area contributed by atoms with Gasteiger partial charge in [-0.1, -0.05) is 54.6 Å². The molecular formula is C27H24O8. The second-order valence-corrected chi connectivity index (χ2v) is 7.72. The summed E-state index contributed by atoms with van der Waals surface area (Å²) in [5, 5.41) is 0. The molecule has 0 aromatic heterocycles. The summed E-state index contributed by atoms with van der Waals surface area (Å²) < 4.78 is 28.0. The molecule has 0 amide bonds. The van der Waals surface area contributed by atoms with Gasteiger partial charge in [-0.25, -0.2) is 14.4 Å². The summed E-state index contributed by atoms with van der Waals surface area (Å²) in [5.74, 6) is -1.85. The normalized spacial score (nSPS) is 21.2. The van der Waals surface area contributed by atoms with Crippen LogP contribution in [0, 0.1) is 0 Å². The Hall–Kier alpha value is -4.01. The van der Waals surface area contributed by atoms with Crippen molar-refractivity contribution in [3.8, 4) is 0 Å². The first-order valence-electron chi connectivity index (χ1n) is 11.0. The van der Waals surface area contributed by atoms with Crippen molar-refractivity contribution >= 4 is 17.9 Å². The van der Waals surface area contributed by atoms with E-state index in [2.05, 4.69) is 0 Å². The summed E-state index contributed by atoms with van der Waals surface area (Å²) >= 11 is 0. The molecule has 0 aliphatic carbocycles. The molecule has 0 N–H and O–H groups in total. The van der Waals surface area contributed by atoms with E-state index < -0.39 is 42.5 Å². The van der Waals surface area contributed by atoms with Gasteiger partial charge in [-0.05, 0) is 36.4 Å². The van der Waals surface area contributed by atoms with E-state index in [1.165, 1.54) is 7.11 Å². The van der Waals surface area contributed by atoms with Crippen LogP contribution < -0.4 is 0 Å². The number of rotatable bonds is 8. The van der Waals surface area contributed by atoms with Crippen LogP contribution >= 0.6 is 0 Å². The molecule has 8 nitrogen and oxygen atoms in total. The molecule has 0 bridgehead atoms. The molecule has 1 aliphatic rings. The Kier molecular flexibility index (Phi) is 7.87. The molecule has 1 saturated heterocycles. The summed E-state index contributed by atoms with van der Waals surface area (Å²) in [4.78, 5) is 38.0. The number of hydrogen-bond acceptors (Lipinski definition) is 8. The fraction of sp³-hybridized carbons (Fsp3) is 0.222. The monoisotopic (exact) mass is 476 g/mol. The number of carbonyl (C=O) groups excluding carboxylic acids is 3. The third-order valence-electron chi connectivity index (χ3n) is 5.39. The van der Waals surface area contributed by atoms with Gasteiger partial charge in [-0.2, -0.15) is 0 Å². The molecule has 1 heterocycles. The fourth-order valence-electron chi connectivity index (χ4n) is 3.63. The summed E-state index contributed by atoms with van der Waals surface area (Å²) in [6, 6.07) is 25.2. The number of esters is 3. The highest BCUT2D eigenvalue weighted by molar-refractivity contribution is 5.90. The Balaban J connectivity index is 1.54. The topological polar surface area (TPSA) is 97.4 Å². The molecule has 3 aromatic carbocycles. The van der Waals surface area contributed by atoms with Crippen LogP contribution in [0.3, 0.4) is 0 Å². The van der Waals surface area contributed by atoms with Gasteiger partial charge in [0.2, 0.25) is 0 Å². The maximum Gasteiger partial charge on any atom is 0.338 e. The Morgan fingerprint density at radius 1 is 0.657 bits per heavy atom. The lowest BCUT2D eigenvalue weighted by Crippen LogP contribution is -2.42. The molecule has 3 aromatic rings. The van der Waals surface area contributed by atoms with Gasteiger partial charge in [0.1, 0.15) is 12.7 Å². The smallest absolute Gasteiger partial charge is 0.338 e. The zero-order valence-corrected chi connectivity index (χ0v) is 18.9. The second kappa shape index (κ2) is 11.4. The van der Waals surface area contributed by atoms with Gasteiger partial charge in [0.15, 0.2) is 18.5 Å². The highest BCUT2D eigenvalue weighted by Crippen LogP contribution is 2.29. The van der Waals surface area contributed by atoms with Gasteiger partial charge < -0.3 is 23.7 Å². The van der Waals surface area contributed by atoms with Gasteiger partial charge in [0.05, 0.1) is 16.7 Å². The van der Waals surface area contributed by atoms with Gasteiger partial charge in [-0.15, -0.1) is 0 Å². The molecule has 8 heteroatoms. The summed E-state index contributed by atoms with van der Waals surface area (Å²) in [6.07, 6.45) is -4.17. The lowest BCUT2D eigenvalue weighted by Gasteiger charge is -2.24. The van der Waals surface area contributed by atoms with Crippen molar-refractivity contribution in [3.05, 3.63) is 108 Å². The molecule has 180 valence electrons. The van der Waals surface area contributed by atoms with E-state index in [0.717, 1.165) is 0 Å². The van der Waals surface area contributed by atoms with Crippen molar-refractivity contribution in [2.75, 3.05) is 13.7 Å². The Morgan fingerprint density at radius 3 is 1.54 bits per heavy atom. The first kappa shape index (κ1) is 24.1. The van der Waals surface area contributed by atoms with Crippen molar-refractivity contribution in [1.29, 1.82) is 0 Å². The lowest BCUT2D eigenvalue weighted by molar-refractivity contribution is -0.155. The zero-order chi connectivity index (χ0) is 24.6. The standard InChI is InChI=1S/C27H24O8/c1-31-27-23(35-26(30)20-15-9-4-10-16-20)22(34-25(29)19-13-7-3-8-14-19)21(33-27)17-32-24(28)18-11-5-2-6-12-18/h2-16,21-23,27H,17H2,1H3/t21-,22?,23+,27-/m0/s1. The predicted octanol–water partition coefficient (Wildman–Crippen LogP) is 3.67. The van der Waals surface area contributed by atoms with E-state index in [1.807, 2.05) is 0 Å². The maximum absolute atomic E-state index is 12.8. The minimum Gasteiger partial charge on any atom is -0.459 e. The molecular weight excluding hydrogens is 452 g/mol. The quantitative estimate of drug-likeness (QED) is 0.359. The SMILES string of the molecule is CO[C@H]1O[C@@H](COC(=O)c2ccccc2)C(OC(=O)c2ccccc2)[C@H]1OC(=O)c1ccccc1. The largest absolute Gasteiger partial charge is 0.459 e. The average Bonchev–Trinajstić information content (AvgIpc) is 3.24. The number of methoxy groups -OCH3 is 1. The molecule has 0 spiro atoms. The van der Waals surface area contributed by atoms with E-state index >= 15 is 0 Å². The van der Waals surface area contributed by atoms with Gasteiger partial charge in [-0.3, -0.25) is 0 Å². The number of benzene rings is 3. The van der Waals surface area contributed by atoms with Crippen LogP contribution in [-0.4, -0.2) is 56.2 Å². The highest BCUT2D eigenvalue weighted by Gasteiger charge is 2.50. The van der Waals surface area contributed by atoms with E-state index in [1.54, 1.807) is 91.0 Å². The molecule has 35 heavy (non-hydrogen) atoms. The minimum absolute atomic E-state index is 0.250. The van der Waals surface area contributed by atoms with Crippen LogP contribution in [0.15, 0.2) is 91.0 Å². The van der Waals surface area contributed by atoms with Crippen molar-refractivity contribution < 1.29 is 38.1 Å². The number of ether oxygens (including phenoxy) is 5. The predicted molar refractivity (Wildman–Crippen MR) is 124 cm³/mol. The fourth-order valence-corrected chi connectivity index (χ4v) is 3.63. The molecule has 0 radical (unpaired) electrons.